The Morgan fingerprint density at radius 2 is 1.89 bits per heavy atom. The van der Waals surface area contributed by atoms with Gasteiger partial charge in [-0.2, -0.15) is 9.37 Å². The third-order valence-electron chi connectivity index (χ3n) is 5.61. The standard InChI is InChI=1S/C27H18ClFN4O4S/c1-15-6-9-17(10-7-15)31-23(34)14-33-25(35)22(38-27(33)36)12-19-18-5-3-2-4-16(18)8-11-21(19)37-24-20(29)13-30-26(28)32-24/h2-13H,14H2,1H3,(H,31,34)/b22-12+. The number of benzene rings is 3. The average Bonchev–Trinajstić information content (AvgIpc) is 3.16. The number of hydrogen-bond acceptors (Lipinski definition) is 7. The molecule has 190 valence electrons. The van der Waals surface area contributed by atoms with Crippen LogP contribution in [0.4, 0.5) is 14.9 Å². The van der Waals surface area contributed by atoms with Crippen LogP contribution in [-0.2, 0) is 9.59 Å². The highest BCUT2D eigenvalue weighted by Crippen LogP contribution is 2.38. The van der Waals surface area contributed by atoms with Gasteiger partial charge >= 0.3 is 0 Å². The summed E-state index contributed by atoms with van der Waals surface area (Å²) in [5.74, 6) is -2.18. The van der Waals surface area contributed by atoms with Gasteiger partial charge in [-0.3, -0.25) is 19.3 Å². The van der Waals surface area contributed by atoms with Crippen molar-refractivity contribution in [3.8, 4) is 11.6 Å². The van der Waals surface area contributed by atoms with E-state index in [0.29, 0.717) is 28.4 Å². The molecule has 1 aliphatic heterocycles. The fraction of sp³-hybridized carbons (Fsp3) is 0.0741. The molecule has 1 aromatic heterocycles. The van der Waals surface area contributed by atoms with Crippen LogP contribution in [0.3, 0.4) is 0 Å². The Bertz CT molecular complexity index is 1630. The fourth-order valence-corrected chi connectivity index (χ4v) is 4.71. The molecule has 0 unspecified atom stereocenters. The third kappa shape index (κ3) is 5.36. The SMILES string of the molecule is Cc1ccc(NC(=O)CN2C(=O)S/C(=C/c3c(Oc4nc(Cl)ncc4F)ccc4ccccc34)C2=O)cc1. The molecule has 1 N–H and O–H groups in total. The normalized spacial score (nSPS) is 14.4. The minimum atomic E-state index is -0.826. The Kier molecular flexibility index (Phi) is 7.08. The lowest BCUT2D eigenvalue weighted by Crippen LogP contribution is -2.36. The first-order chi connectivity index (χ1) is 18.3. The summed E-state index contributed by atoms with van der Waals surface area (Å²) in [5.41, 5.74) is 2.01. The van der Waals surface area contributed by atoms with Crippen molar-refractivity contribution in [2.24, 2.45) is 0 Å². The molecule has 3 amide bonds. The van der Waals surface area contributed by atoms with Gasteiger partial charge in [0.2, 0.25) is 17.0 Å². The van der Waals surface area contributed by atoms with Gasteiger partial charge < -0.3 is 10.1 Å². The Labute approximate surface area is 225 Å². The van der Waals surface area contributed by atoms with E-state index in [1.165, 1.54) is 6.08 Å². The van der Waals surface area contributed by atoms with Crippen molar-refractivity contribution in [2.45, 2.75) is 6.92 Å². The molecule has 5 rings (SSSR count). The zero-order valence-corrected chi connectivity index (χ0v) is 21.3. The topological polar surface area (TPSA) is 101 Å². The van der Waals surface area contributed by atoms with Crippen LogP contribution < -0.4 is 10.1 Å². The van der Waals surface area contributed by atoms with E-state index in [-0.39, 0.29) is 15.9 Å². The van der Waals surface area contributed by atoms with Crippen LogP contribution in [0.25, 0.3) is 16.8 Å². The number of hydrogen-bond donors (Lipinski definition) is 1. The number of aromatic nitrogens is 2. The molecular weight excluding hydrogens is 531 g/mol. The maximum Gasteiger partial charge on any atom is 0.294 e. The summed E-state index contributed by atoms with van der Waals surface area (Å²) < 4.78 is 20.0. The van der Waals surface area contributed by atoms with Gasteiger partial charge in [-0.15, -0.1) is 0 Å². The Hall–Kier alpha value is -4.28. The van der Waals surface area contributed by atoms with E-state index in [4.69, 9.17) is 16.3 Å². The van der Waals surface area contributed by atoms with Crippen molar-refractivity contribution in [1.29, 1.82) is 0 Å². The minimum Gasteiger partial charge on any atom is -0.436 e. The maximum atomic E-state index is 14.3. The number of carbonyl (C=O) groups excluding carboxylic acids is 3. The molecular formula is C27H18ClFN4O4S. The average molecular weight is 549 g/mol. The number of amides is 3. The van der Waals surface area contributed by atoms with Crippen LogP contribution in [0, 0.1) is 12.7 Å². The molecule has 0 atom stereocenters. The molecule has 38 heavy (non-hydrogen) atoms. The third-order valence-corrected chi connectivity index (χ3v) is 6.70. The summed E-state index contributed by atoms with van der Waals surface area (Å²) in [4.78, 5) is 46.7. The second-order valence-electron chi connectivity index (χ2n) is 8.27. The first kappa shape index (κ1) is 25.4. The van der Waals surface area contributed by atoms with Crippen LogP contribution in [0.5, 0.6) is 11.6 Å². The van der Waals surface area contributed by atoms with Crippen molar-refractivity contribution in [3.63, 3.8) is 0 Å². The highest BCUT2D eigenvalue weighted by Gasteiger charge is 2.36. The lowest BCUT2D eigenvalue weighted by atomic mass is 10.0. The van der Waals surface area contributed by atoms with E-state index in [1.807, 2.05) is 31.2 Å². The van der Waals surface area contributed by atoms with Gasteiger partial charge in [-0.25, -0.2) is 4.98 Å². The predicted octanol–water partition coefficient (Wildman–Crippen LogP) is 6.20. The number of nitrogens with one attached hydrogen (secondary N) is 1. The number of halogens is 2. The minimum absolute atomic E-state index is 0.0838. The van der Waals surface area contributed by atoms with Crippen molar-refractivity contribution >= 4 is 63.0 Å². The molecule has 4 aromatic rings. The molecule has 0 saturated carbocycles. The van der Waals surface area contributed by atoms with E-state index in [2.05, 4.69) is 15.3 Å². The van der Waals surface area contributed by atoms with Gasteiger partial charge in [0.05, 0.1) is 11.1 Å². The summed E-state index contributed by atoms with van der Waals surface area (Å²) in [6.45, 7) is 1.48. The summed E-state index contributed by atoms with van der Waals surface area (Å²) in [6.07, 6.45) is 2.37. The maximum absolute atomic E-state index is 14.3. The summed E-state index contributed by atoms with van der Waals surface area (Å²) in [7, 11) is 0. The van der Waals surface area contributed by atoms with E-state index >= 15 is 0 Å². The number of aryl methyl sites for hydroxylation is 1. The van der Waals surface area contributed by atoms with Crippen molar-refractivity contribution in [1.82, 2.24) is 14.9 Å². The van der Waals surface area contributed by atoms with E-state index < -0.39 is 35.3 Å². The monoisotopic (exact) mass is 548 g/mol. The number of thioether (sulfide) groups is 1. The van der Waals surface area contributed by atoms with Gasteiger partial charge in [0.25, 0.3) is 17.0 Å². The Balaban J connectivity index is 1.45. The number of carbonyl (C=O) groups is 3. The Morgan fingerprint density at radius 3 is 2.68 bits per heavy atom. The highest BCUT2D eigenvalue weighted by atomic mass is 35.5. The van der Waals surface area contributed by atoms with Crippen LogP contribution in [0.2, 0.25) is 5.28 Å². The fourth-order valence-electron chi connectivity index (χ4n) is 3.77. The van der Waals surface area contributed by atoms with E-state index in [0.717, 1.165) is 22.0 Å². The number of ether oxygens (including phenoxy) is 1. The van der Waals surface area contributed by atoms with Gasteiger partial charge in [-0.05, 0) is 65.3 Å². The first-order valence-corrected chi connectivity index (χ1v) is 12.5. The Morgan fingerprint density at radius 1 is 1.13 bits per heavy atom. The predicted molar refractivity (Wildman–Crippen MR) is 144 cm³/mol. The first-order valence-electron chi connectivity index (χ1n) is 11.3. The van der Waals surface area contributed by atoms with E-state index in [1.54, 1.807) is 36.4 Å². The van der Waals surface area contributed by atoms with Crippen LogP contribution in [0.1, 0.15) is 11.1 Å². The molecule has 1 aliphatic rings. The number of anilines is 1. The zero-order chi connectivity index (χ0) is 26.8. The lowest BCUT2D eigenvalue weighted by molar-refractivity contribution is -0.127. The van der Waals surface area contributed by atoms with Gasteiger partial charge in [0.15, 0.2) is 0 Å². The summed E-state index contributed by atoms with van der Waals surface area (Å²) in [5, 5.41) is 3.41. The van der Waals surface area contributed by atoms with Crippen molar-refractivity contribution in [3.05, 3.63) is 94.0 Å². The summed E-state index contributed by atoms with van der Waals surface area (Å²) >= 11 is 6.50. The molecule has 0 aliphatic carbocycles. The summed E-state index contributed by atoms with van der Waals surface area (Å²) in [6, 6.07) is 17.8. The van der Waals surface area contributed by atoms with Gasteiger partial charge in [-0.1, -0.05) is 48.0 Å². The second-order valence-corrected chi connectivity index (χ2v) is 9.61. The van der Waals surface area contributed by atoms with E-state index in [9.17, 15) is 18.8 Å². The number of imide groups is 1. The van der Waals surface area contributed by atoms with Crippen molar-refractivity contribution < 1.29 is 23.5 Å². The number of fused-ring (bicyclic) bond motifs is 1. The second kappa shape index (κ2) is 10.6. The molecule has 1 fully saturated rings. The molecule has 0 radical (unpaired) electrons. The molecule has 1 saturated heterocycles. The lowest BCUT2D eigenvalue weighted by Gasteiger charge is -2.13. The smallest absolute Gasteiger partial charge is 0.294 e. The number of rotatable bonds is 6. The number of nitrogens with zero attached hydrogens (tertiary/aromatic N) is 3. The molecule has 8 nitrogen and oxygen atoms in total. The molecule has 3 aromatic carbocycles. The molecule has 0 spiro atoms. The highest BCUT2D eigenvalue weighted by molar-refractivity contribution is 8.18. The molecule has 0 bridgehead atoms. The van der Waals surface area contributed by atoms with Crippen molar-refractivity contribution in [2.75, 3.05) is 11.9 Å². The van der Waals surface area contributed by atoms with Crippen LogP contribution in [-0.4, -0.2) is 38.5 Å². The van der Waals surface area contributed by atoms with Gasteiger partial charge in [0.1, 0.15) is 12.3 Å². The van der Waals surface area contributed by atoms with Crippen LogP contribution in [0.15, 0.2) is 71.8 Å². The largest absolute Gasteiger partial charge is 0.436 e. The van der Waals surface area contributed by atoms with Gasteiger partial charge in [0, 0.05) is 11.3 Å². The zero-order valence-electron chi connectivity index (χ0n) is 19.8. The molecule has 2 heterocycles. The molecule has 11 heteroatoms. The van der Waals surface area contributed by atoms with Crippen LogP contribution >= 0.6 is 23.4 Å². The quantitative estimate of drug-likeness (QED) is 0.226.